The molecule has 0 saturated carbocycles. The summed E-state index contributed by atoms with van der Waals surface area (Å²) >= 11 is 0. The van der Waals surface area contributed by atoms with Gasteiger partial charge < -0.3 is 14.5 Å². The van der Waals surface area contributed by atoms with Crippen molar-refractivity contribution >= 4 is 11.7 Å². The summed E-state index contributed by atoms with van der Waals surface area (Å²) in [6.07, 6.45) is 2.41. The lowest BCUT2D eigenvalue weighted by Gasteiger charge is -2.34. The molecule has 6 heteroatoms. The first kappa shape index (κ1) is 17.0. The summed E-state index contributed by atoms with van der Waals surface area (Å²) in [7, 11) is 0. The van der Waals surface area contributed by atoms with Gasteiger partial charge in [0, 0.05) is 30.8 Å². The summed E-state index contributed by atoms with van der Waals surface area (Å²) < 4.78 is 5.45. The minimum absolute atomic E-state index is 0.0952. The highest BCUT2D eigenvalue weighted by atomic mass is 16.5. The number of nitrogens with zero attached hydrogens (tertiary/aromatic N) is 4. The lowest BCUT2D eigenvalue weighted by Crippen LogP contribution is -2.41. The maximum atomic E-state index is 13.1. The van der Waals surface area contributed by atoms with Gasteiger partial charge in [0.05, 0.1) is 25.5 Å². The fourth-order valence-corrected chi connectivity index (χ4v) is 3.87. The van der Waals surface area contributed by atoms with Crippen LogP contribution in [0, 0.1) is 13.8 Å². The molecule has 1 aromatic heterocycles. The maximum absolute atomic E-state index is 13.1. The standard InChI is InChI=1S/C20H24N4O2/c1-14-4-3-5-15(2)18(14)20(25)24-7-6-16-17(12-24)21-13-22-19(16)23-8-10-26-11-9-23/h3-5,13H,6-12H2,1-2H3. The number of rotatable bonds is 2. The third kappa shape index (κ3) is 3.05. The molecule has 0 atom stereocenters. The summed E-state index contributed by atoms with van der Waals surface area (Å²) in [4.78, 5) is 26.3. The predicted octanol–water partition coefficient (Wildman–Crippen LogP) is 2.13. The highest BCUT2D eigenvalue weighted by molar-refractivity contribution is 5.97. The Labute approximate surface area is 153 Å². The van der Waals surface area contributed by atoms with E-state index in [-0.39, 0.29) is 5.91 Å². The molecule has 1 amide bonds. The molecule has 0 radical (unpaired) electrons. The number of hydrogen-bond donors (Lipinski definition) is 0. The molecule has 2 aromatic rings. The van der Waals surface area contributed by atoms with Gasteiger partial charge in [-0.3, -0.25) is 4.79 Å². The summed E-state index contributed by atoms with van der Waals surface area (Å²) in [5.41, 5.74) is 5.01. The van der Waals surface area contributed by atoms with Crippen LogP contribution in [0.25, 0.3) is 0 Å². The van der Waals surface area contributed by atoms with E-state index in [1.807, 2.05) is 36.9 Å². The second-order valence-corrected chi connectivity index (χ2v) is 6.97. The number of carbonyl (C=O) groups is 1. The van der Waals surface area contributed by atoms with Crippen LogP contribution in [-0.2, 0) is 17.7 Å². The number of amides is 1. The van der Waals surface area contributed by atoms with E-state index in [1.165, 1.54) is 5.56 Å². The van der Waals surface area contributed by atoms with Gasteiger partial charge >= 0.3 is 0 Å². The van der Waals surface area contributed by atoms with Gasteiger partial charge in [-0.15, -0.1) is 0 Å². The van der Waals surface area contributed by atoms with Crippen molar-refractivity contribution in [2.75, 3.05) is 37.7 Å². The monoisotopic (exact) mass is 352 g/mol. The SMILES string of the molecule is Cc1cccc(C)c1C(=O)N1CCc2c(ncnc2N2CCOCC2)C1. The lowest BCUT2D eigenvalue weighted by atomic mass is 9.99. The second kappa shape index (κ2) is 7.03. The van der Waals surface area contributed by atoms with E-state index >= 15 is 0 Å². The molecule has 0 unspecified atom stereocenters. The first-order chi connectivity index (χ1) is 12.6. The van der Waals surface area contributed by atoms with Gasteiger partial charge in [-0.1, -0.05) is 18.2 Å². The topological polar surface area (TPSA) is 58.6 Å². The van der Waals surface area contributed by atoms with Crippen LogP contribution in [-0.4, -0.2) is 53.6 Å². The van der Waals surface area contributed by atoms with Crippen molar-refractivity contribution in [1.82, 2.24) is 14.9 Å². The molecule has 0 aliphatic carbocycles. The van der Waals surface area contributed by atoms with Gasteiger partial charge in [-0.25, -0.2) is 9.97 Å². The van der Waals surface area contributed by atoms with Crippen LogP contribution in [0.5, 0.6) is 0 Å². The van der Waals surface area contributed by atoms with Crippen LogP contribution in [0.3, 0.4) is 0 Å². The van der Waals surface area contributed by atoms with E-state index in [0.29, 0.717) is 13.1 Å². The molecule has 1 aromatic carbocycles. The number of anilines is 1. The van der Waals surface area contributed by atoms with Crippen LogP contribution in [0.4, 0.5) is 5.82 Å². The number of hydrogen-bond acceptors (Lipinski definition) is 5. The summed E-state index contributed by atoms with van der Waals surface area (Å²) in [6, 6.07) is 5.99. The van der Waals surface area contributed by atoms with Gasteiger partial charge in [-0.05, 0) is 31.4 Å². The molecule has 136 valence electrons. The smallest absolute Gasteiger partial charge is 0.254 e. The zero-order valence-corrected chi connectivity index (χ0v) is 15.4. The van der Waals surface area contributed by atoms with Crippen LogP contribution in [0.1, 0.15) is 32.7 Å². The van der Waals surface area contributed by atoms with Gasteiger partial charge in [0.1, 0.15) is 12.1 Å². The number of aromatic nitrogens is 2. The molecular weight excluding hydrogens is 328 g/mol. The third-order valence-corrected chi connectivity index (χ3v) is 5.28. The Morgan fingerprint density at radius 2 is 1.81 bits per heavy atom. The van der Waals surface area contributed by atoms with E-state index in [4.69, 9.17) is 4.74 Å². The number of benzene rings is 1. The predicted molar refractivity (Wildman–Crippen MR) is 99.4 cm³/mol. The van der Waals surface area contributed by atoms with Crippen molar-refractivity contribution in [2.45, 2.75) is 26.8 Å². The quantitative estimate of drug-likeness (QED) is 0.829. The Balaban J connectivity index is 1.59. The Kier molecular flexibility index (Phi) is 4.59. The van der Waals surface area contributed by atoms with Crippen molar-refractivity contribution in [3.63, 3.8) is 0 Å². The Morgan fingerprint density at radius 3 is 2.54 bits per heavy atom. The Morgan fingerprint density at radius 1 is 1.08 bits per heavy atom. The van der Waals surface area contributed by atoms with Crippen LogP contribution in [0.15, 0.2) is 24.5 Å². The first-order valence-electron chi connectivity index (χ1n) is 9.16. The number of aryl methyl sites for hydroxylation is 2. The zero-order chi connectivity index (χ0) is 18.1. The largest absolute Gasteiger partial charge is 0.378 e. The van der Waals surface area contributed by atoms with E-state index in [1.54, 1.807) is 6.33 Å². The molecule has 26 heavy (non-hydrogen) atoms. The highest BCUT2D eigenvalue weighted by Crippen LogP contribution is 2.27. The number of carbonyl (C=O) groups excluding carboxylic acids is 1. The highest BCUT2D eigenvalue weighted by Gasteiger charge is 2.28. The van der Waals surface area contributed by atoms with E-state index < -0.39 is 0 Å². The minimum Gasteiger partial charge on any atom is -0.378 e. The third-order valence-electron chi connectivity index (χ3n) is 5.28. The van der Waals surface area contributed by atoms with Crippen LogP contribution < -0.4 is 4.90 Å². The van der Waals surface area contributed by atoms with Gasteiger partial charge in [0.25, 0.3) is 5.91 Å². The van der Waals surface area contributed by atoms with Crippen LogP contribution in [0.2, 0.25) is 0 Å². The average molecular weight is 352 g/mol. The molecule has 0 N–H and O–H groups in total. The molecule has 3 heterocycles. The normalized spacial score (nSPS) is 17.2. The minimum atomic E-state index is 0.0952. The first-order valence-corrected chi connectivity index (χ1v) is 9.16. The molecule has 2 aliphatic heterocycles. The van der Waals surface area contributed by atoms with Gasteiger partial charge in [0.15, 0.2) is 0 Å². The molecule has 4 rings (SSSR count). The van der Waals surface area contributed by atoms with Crippen molar-refractivity contribution in [1.29, 1.82) is 0 Å². The molecule has 1 saturated heterocycles. The second-order valence-electron chi connectivity index (χ2n) is 6.97. The Bertz CT molecular complexity index is 810. The summed E-state index contributed by atoms with van der Waals surface area (Å²) in [5.74, 6) is 1.11. The molecule has 6 nitrogen and oxygen atoms in total. The van der Waals surface area contributed by atoms with E-state index in [0.717, 1.165) is 60.9 Å². The van der Waals surface area contributed by atoms with Crippen molar-refractivity contribution in [3.8, 4) is 0 Å². The summed E-state index contributed by atoms with van der Waals surface area (Å²) in [5, 5.41) is 0. The Hall–Kier alpha value is -2.47. The lowest BCUT2D eigenvalue weighted by molar-refractivity contribution is 0.0730. The molecule has 0 spiro atoms. The molecule has 2 aliphatic rings. The molecule has 0 bridgehead atoms. The van der Waals surface area contributed by atoms with Crippen molar-refractivity contribution < 1.29 is 9.53 Å². The van der Waals surface area contributed by atoms with E-state index in [9.17, 15) is 4.79 Å². The number of fused-ring (bicyclic) bond motifs is 1. The molecular formula is C20H24N4O2. The van der Waals surface area contributed by atoms with Gasteiger partial charge in [0.2, 0.25) is 0 Å². The maximum Gasteiger partial charge on any atom is 0.254 e. The van der Waals surface area contributed by atoms with Crippen molar-refractivity contribution in [3.05, 3.63) is 52.5 Å². The van der Waals surface area contributed by atoms with E-state index in [2.05, 4.69) is 14.9 Å². The molecule has 1 fully saturated rings. The number of ether oxygens (including phenoxy) is 1. The van der Waals surface area contributed by atoms with Gasteiger partial charge in [-0.2, -0.15) is 0 Å². The number of morpholine rings is 1. The average Bonchev–Trinajstić information content (AvgIpc) is 2.67. The van der Waals surface area contributed by atoms with Crippen molar-refractivity contribution in [2.24, 2.45) is 0 Å². The van der Waals surface area contributed by atoms with Crippen LogP contribution >= 0.6 is 0 Å². The fourth-order valence-electron chi connectivity index (χ4n) is 3.87. The summed E-state index contributed by atoms with van der Waals surface area (Å²) in [6.45, 7) is 8.41. The fraction of sp³-hybridized carbons (Fsp3) is 0.450. The zero-order valence-electron chi connectivity index (χ0n) is 15.4.